The summed E-state index contributed by atoms with van der Waals surface area (Å²) in [5.41, 5.74) is 6.46. The van der Waals surface area contributed by atoms with Gasteiger partial charge < -0.3 is 15.2 Å². The van der Waals surface area contributed by atoms with Crippen molar-refractivity contribution in [3.8, 4) is 11.5 Å². The molecule has 0 amide bonds. The summed E-state index contributed by atoms with van der Waals surface area (Å²) in [4.78, 5) is 0. The van der Waals surface area contributed by atoms with Crippen LogP contribution in [0.4, 0.5) is 10.1 Å². The van der Waals surface area contributed by atoms with Gasteiger partial charge >= 0.3 is 0 Å². The normalized spacial score (nSPS) is 9.85. The van der Waals surface area contributed by atoms with Crippen LogP contribution in [0.3, 0.4) is 0 Å². The van der Waals surface area contributed by atoms with E-state index in [1.807, 2.05) is 0 Å². The minimum atomic E-state index is -0.553. The van der Waals surface area contributed by atoms with Crippen molar-refractivity contribution < 1.29 is 13.9 Å². The molecule has 0 aromatic heterocycles. The Hall–Kier alpha value is -1.45. The molecule has 0 spiro atoms. The molecule has 0 aliphatic carbocycles. The van der Waals surface area contributed by atoms with E-state index in [-0.39, 0.29) is 17.2 Å². The highest BCUT2D eigenvalue weighted by Gasteiger charge is 2.15. The zero-order valence-corrected chi connectivity index (χ0v) is 7.85. The summed E-state index contributed by atoms with van der Waals surface area (Å²) in [6, 6.07) is 1.61. The summed E-state index contributed by atoms with van der Waals surface area (Å²) in [7, 11) is 2.77. The molecular weight excluding hydrogens is 173 g/mol. The van der Waals surface area contributed by atoms with Crippen LogP contribution in [0.5, 0.6) is 11.5 Å². The molecule has 0 aliphatic heterocycles. The maximum absolute atomic E-state index is 13.5. The Morgan fingerprint density at radius 2 is 1.77 bits per heavy atom. The van der Waals surface area contributed by atoms with E-state index in [1.165, 1.54) is 14.2 Å². The topological polar surface area (TPSA) is 44.5 Å². The summed E-state index contributed by atoms with van der Waals surface area (Å²) in [5.74, 6) is -0.351. The third-order valence-corrected chi connectivity index (χ3v) is 1.80. The van der Waals surface area contributed by atoms with Crippen molar-refractivity contribution in [2.24, 2.45) is 0 Å². The lowest BCUT2D eigenvalue weighted by Crippen LogP contribution is -2.00. The van der Waals surface area contributed by atoms with E-state index in [0.717, 1.165) is 0 Å². The SMILES string of the molecule is COc1c(C)cc(N)c(OC)c1F. The van der Waals surface area contributed by atoms with Crippen LogP contribution in [-0.2, 0) is 0 Å². The Balaban J connectivity index is 3.39. The molecule has 1 aromatic carbocycles. The van der Waals surface area contributed by atoms with Gasteiger partial charge in [0.1, 0.15) is 0 Å². The Kier molecular flexibility index (Phi) is 2.60. The number of aryl methyl sites for hydroxylation is 1. The first kappa shape index (κ1) is 9.64. The Morgan fingerprint density at radius 3 is 2.23 bits per heavy atom. The molecule has 13 heavy (non-hydrogen) atoms. The van der Waals surface area contributed by atoms with E-state index in [0.29, 0.717) is 5.56 Å². The number of ether oxygens (including phenoxy) is 2. The van der Waals surface area contributed by atoms with Gasteiger partial charge in [-0.15, -0.1) is 0 Å². The van der Waals surface area contributed by atoms with Gasteiger partial charge in [-0.3, -0.25) is 0 Å². The Morgan fingerprint density at radius 1 is 1.23 bits per heavy atom. The fraction of sp³-hybridized carbons (Fsp3) is 0.333. The van der Waals surface area contributed by atoms with E-state index in [4.69, 9.17) is 15.2 Å². The fourth-order valence-electron chi connectivity index (χ4n) is 1.23. The molecule has 0 saturated carbocycles. The molecular formula is C9H12FNO2. The average Bonchev–Trinajstić information content (AvgIpc) is 2.04. The highest BCUT2D eigenvalue weighted by molar-refractivity contribution is 5.60. The van der Waals surface area contributed by atoms with Gasteiger partial charge in [0, 0.05) is 0 Å². The number of nitrogens with two attached hydrogens (primary N) is 1. The zero-order valence-electron chi connectivity index (χ0n) is 7.85. The molecule has 0 atom stereocenters. The minimum absolute atomic E-state index is 0.0300. The van der Waals surface area contributed by atoms with Crippen LogP contribution in [0, 0.1) is 12.7 Å². The van der Waals surface area contributed by atoms with Crippen molar-refractivity contribution in [1.82, 2.24) is 0 Å². The summed E-state index contributed by atoms with van der Waals surface area (Å²) in [6.45, 7) is 1.72. The maximum atomic E-state index is 13.5. The highest BCUT2D eigenvalue weighted by atomic mass is 19.1. The van der Waals surface area contributed by atoms with Crippen LogP contribution < -0.4 is 15.2 Å². The van der Waals surface area contributed by atoms with Crippen molar-refractivity contribution in [3.05, 3.63) is 17.4 Å². The van der Waals surface area contributed by atoms with Crippen molar-refractivity contribution in [2.45, 2.75) is 6.92 Å². The number of halogens is 1. The molecule has 0 unspecified atom stereocenters. The molecule has 0 saturated heterocycles. The van der Waals surface area contributed by atoms with Crippen molar-refractivity contribution in [1.29, 1.82) is 0 Å². The van der Waals surface area contributed by atoms with Crippen LogP contribution in [0.1, 0.15) is 5.56 Å². The summed E-state index contributed by atoms with van der Waals surface area (Å²) >= 11 is 0. The number of benzene rings is 1. The molecule has 3 nitrogen and oxygen atoms in total. The lowest BCUT2D eigenvalue weighted by molar-refractivity contribution is 0.350. The third-order valence-electron chi connectivity index (χ3n) is 1.80. The van der Waals surface area contributed by atoms with E-state index in [9.17, 15) is 4.39 Å². The number of hydrogen-bond acceptors (Lipinski definition) is 3. The van der Waals surface area contributed by atoms with E-state index >= 15 is 0 Å². The molecule has 0 fully saturated rings. The summed E-state index contributed by atoms with van der Waals surface area (Å²) in [6.07, 6.45) is 0. The maximum Gasteiger partial charge on any atom is 0.209 e. The highest BCUT2D eigenvalue weighted by Crippen LogP contribution is 2.34. The van der Waals surface area contributed by atoms with Crippen LogP contribution in [-0.4, -0.2) is 14.2 Å². The van der Waals surface area contributed by atoms with Crippen LogP contribution in [0.15, 0.2) is 6.07 Å². The number of nitrogen functional groups attached to an aromatic ring is 1. The monoisotopic (exact) mass is 185 g/mol. The van der Waals surface area contributed by atoms with Gasteiger partial charge in [-0.1, -0.05) is 0 Å². The van der Waals surface area contributed by atoms with Gasteiger partial charge in [0.25, 0.3) is 0 Å². The molecule has 2 N–H and O–H groups in total. The smallest absolute Gasteiger partial charge is 0.209 e. The molecule has 1 rings (SSSR count). The molecule has 0 radical (unpaired) electrons. The molecule has 0 aliphatic rings. The number of rotatable bonds is 2. The molecule has 0 bridgehead atoms. The van der Waals surface area contributed by atoms with Crippen molar-refractivity contribution in [2.75, 3.05) is 20.0 Å². The molecule has 4 heteroatoms. The predicted octanol–water partition coefficient (Wildman–Crippen LogP) is 1.73. The third kappa shape index (κ3) is 1.52. The first-order valence-electron chi connectivity index (χ1n) is 3.78. The Bertz CT molecular complexity index is 298. The van der Waals surface area contributed by atoms with Gasteiger partial charge in [0.05, 0.1) is 19.9 Å². The van der Waals surface area contributed by atoms with Gasteiger partial charge in [-0.2, -0.15) is 4.39 Å². The average molecular weight is 185 g/mol. The van der Waals surface area contributed by atoms with E-state index < -0.39 is 5.82 Å². The summed E-state index contributed by atoms with van der Waals surface area (Å²) in [5, 5.41) is 0. The first-order chi connectivity index (χ1) is 6.11. The fourth-order valence-corrected chi connectivity index (χ4v) is 1.23. The largest absolute Gasteiger partial charge is 0.493 e. The first-order valence-corrected chi connectivity index (χ1v) is 3.78. The predicted molar refractivity (Wildman–Crippen MR) is 48.7 cm³/mol. The number of methoxy groups -OCH3 is 2. The lowest BCUT2D eigenvalue weighted by Gasteiger charge is -2.11. The quantitative estimate of drug-likeness (QED) is 0.713. The molecule has 1 aromatic rings. The Labute approximate surface area is 76.3 Å². The van der Waals surface area contributed by atoms with Crippen LogP contribution >= 0.6 is 0 Å². The second kappa shape index (κ2) is 3.51. The van der Waals surface area contributed by atoms with Crippen LogP contribution in [0.25, 0.3) is 0 Å². The second-order valence-corrected chi connectivity index (χ2v) is 2.66. The van der Waals surface area contributed by atoms with Gasteiger partial charge in [0.2, 0.25) is 5.82 Å². The zero-order chi connectivity index (χ0) is 10.0. The standard InChI is InChI=1S/C9H12FNO2/c1-5-4-6(11)9(13-3)7(10)8(5)12-2/h4H,11H2,1-3H3. The minimum Gasteiger partial charge on any atom is -0.493 e. The van der Waals surface area contributed by atoms with Crippen LogP contribution in [0.2, 0.25) is 0 Å². The van der Waals surface area contributed by atoms with Crippen molar-refractivity contribution >= 4 is 5.69 Å². The lowest BCUT2D eigenvalue weighted by atomic mass is 10.1. The van der Waals surface area contributed by atoms with E-state index in [2.05, 4.69) is 0 Å². The molecule has 72 valence electrons. The number of anilines is 1. The van der Waals surface area contributed by atoms with Gasteiger partial charge in [0.15, 0.2) is 11.5 Å². The van der Waals surface area contributed by atoms with Gasteiger partial charge in [-0.05, 0) is 18.6 Å². The summed E-state index contributed by atoms with van der Waals surface area (Å²) < 4.78 is 23.1. The van der Waals surface area contributed by atoms with Gasteiger partial charge in [-0.25, -0.2) is 0 Å². The molecule has 0 heterocycles. The number of hydrogen-bond donors (Lipinski definition) is 1. The second-order valence-electron chi connectivity index (χ2n) is 2.66. The van der Waals surface area contributed by atoms with Crippen molar-refractivity contribution in [3.63, 3.8) is 0 Å². The van der Waals surface area contributed by atoms with E-state index in [1.54, 1.807) is 13.0 Å².